The minimum Gasteiger partial charge on any atom is -0.356 e. The first kappa shape index (κ1) is 18.8. The molecule has 0 aliphatic rings. The van der Waals surface area contributed by atoms with Gasteiger partial charge in [0, 0.05) is 33.3 Å². The highest BCUT2D eigenvalue weighted by Gasteiger charge is 2.20. The van der Waals surface area contributed by atoms with Crippen LogP contribution in [0.4, 0.5) is 0 Å². The van der Waals surface area contributed by atoms with Crippen LogP contribution in [0.5, 0.6) is 0 Å². The lowest BCUT2D eigenvalue weighted by atomic mass is 10.1. The first-order valence-electron chi connectivity index (χ1n) is 8.28. The highest BCUT2D eigenvalue weighted by Crippen LogP contribution is 2.37. The zero-order valence-electron chi connectivity index (χ0n) is 14.8. The molecule has 0 fully saturated rings. The average molecular weight is 398 g/mol. The number of aromatic nitrogens is 4. The third kappa shape index (κ3) is 3.48. The molecule has 138 valence electrons. The lowest BCUT2D eigenvalue weighted by molar-refractivity contribution is -0.160. The molecule has 2 N–H and O–H groups in total. The molecule has 1 aromatic carbocycles. The summed E-state index contributed by atoms with van der Waals surface area (Å²) in [5.41, 5.74) is 2.75. The predicted molar refractivity (Wildman–Crippen MR) is 105 cm³/mol. The van der Waals surface area contributed by atoms with Crippen LogP contribution in [0.25, 0.3) is 16.6 Å². The second kappa shape index (κ2) is 7.11. The lowest BCUT2D eigenvalue weighted by Crippen LogP contribution is -2.33. The van der Waals surface area contributed by atoms with Crippen molar-refractivity contribution in [1.29, 1.82) is 10.5 Å². The Morgan fingerprint density at radius 3 is 2.41 bits per heavy atom. The standard InChI is InChI=1S/C19H11BN6O2S/c20-19(27,28)26-11-15(9-24-26)13-5-17(18-14(7-22)8-23-25(18)10-13)29-16-4-2-1-3-12(16)6-21/h1-5,8-11,27-28H. The van der Waals surface area contributed by atoms with E-state index in [1.807, 2.05) is 18.2 Å². The summed E-state index contributed by atoms with van der Waals surface area (Å²) in [4.78, 5) is 1.44. The maximum atomic E-state index is 9.51. The second-order valence-electron chi connectivity index (χ2n) is 6.13. The van der Waals surface area contributed by atoms with E-state index >= 15 is 0 Å². The van der Waals surface area contributed by atoms with Gasteiger partial charge in [0.15, 0.2) is 7.85 Å². The smallest absolute Gasteiger partial charge is 0.208 e. The van der Waals surface area contributed by atoms with E-state index < -0.39 is 5.81 Å². The summed E-state index contributed by atoms with van der Waals surface area (Å²) < 4.78 is 2.38. The van der Waals surface area contributed by atoms with Crippen LogP contribution < -0.4 is 0 Å². The molecule has 0 atom stereocenters. The molecular formula is C19H11BN6O2S. The SMILES string of the molecule is [B]C(O)(O)n1cc(-c2cc(Sc3ccccc3C#N)c3c(C#N)cnn3c2)cn1. The average Bonchev–Trinajstić information content (AvgIpc) is 3.35. The molecule has 0 aliphatic carbocycles. The number of pyridine rings is 1. The number of rotatable bonds is 4. The van der Waals surface area contributed by atoms with Crippen molar-refractivity contribution in [2.75, 3.05) is 0 Å². The topological polar surface area (TPSA) is 123 Å². The minimum absolute atomic E-state index is 0.399. The third-order valence-corrected chi connectivity index (χ3v) is 5.28. The van der Waals surface area contributed by atoms with Gasteiger partial charge >= 0.3 is 0 Å². The van der Waals surface area contributed by atoms with Gasteiger partial charge in [0.05, 0.1) is 29.0 Å². The molecule has 0 bridgehead atoms. The van der Waals surface area contributed by atoms with Crippen molar-refractivity contribution in [2.24, 2.45) is 0 Å². The third-order valence-electron chi connectivity index (χ3n) is 4.18. The van der Waals surface area contributed by atoms with Crippen molar-refractivity contribution < 1.29 is 10.2 Å². The summed E-state index contributed by atoms with van der Waals surface area (Å²) in [7, 11) is 5.25. The van der Waals surface area contributed by atoms with Gasteiger partial charge in [-0.25, -0.2) is 9.20 Å². The molecular weight excluding hydrogens is 387 g/mol. The van der Waals surface area contributed by atoms with E-state index in [1.165, 1.54) is 30.4 Å². The van der Waals surface area contributed by atoms with Crippen LogP contribution in [-0.2, 0) is 5.81 Å². The van der Waals surface area contributed by atoms with Crippen LogP contribution in [0.15, 0.2) is 64.9 Å². The van der Waals surface area contributed by atoms with Crippen molar-refractivity contribution in [1.82, 2.24) is 19.4 Å². The summed E-state index contributed by atoms with van der Waals surface area (Å²) in [5, 5.41) is 46.0. The molecule has 10 heteroatoms. The van der Waals surface area contributed by atoms with Crippen molar-refractivity contribution in [3.05, 3.63) is 66.2 Å². The van der Waals surface area contributed by atoms with Gasteiger partial charge < -0.3 is 10.2 Å². The van der Waals surface area contributed by atoms with Gasteiger partial charge in [0.25, 0.3) is 0 Å². The number of hydrogen-bond acceptors (Lipinski definition) is 7. The van der Waals surface area contributed by atoms with Crippen LogP contribution in [-0.4, -0.2) is 37.5 Å². The zero-order valence-corrected chi connectivity index (χ0v) is 15.6. The second-order valence-corrected chi connectivity index (χ2v) is 7.21. The maximum absolute atomic E-state index is 9.51. The van der Waals surface area contributed by atoms with Gasteiger partial charge in [-0.1, -0.05) is 23.9 Å². The zero-order chi connectivity index (χ0) is 20.6. The van der Waals surface area contributed by atoms with Gasteiger partial charge in [0.1, 0.15) is 12.1 Å². The van der Waals surface area contributed by atoms with E-state index in [1.54, 1.807) is 22.8 Å². The lowest BCUT2D eigenvalue weighted by Gasteiger charge is -2.16. The summed E-state index contributed by atoms with van der Waals surface area (Å²) in [6.07, 6.45) is 5.98. The summed E-state index contributed by atoms with van der Waals surface area (Å²) in [5.74, 6) is -2.62. The van der Waals surface area contributed by atoms with E-state index in [2.05, 4.69) is 22.3 Å². The molecule has 2 radical (unpaired) electrons. The number of nitrogens with zero attached hydrogens (tertiary/aromatic N) is 6. The van der Waals surface area contributed by atoms with E-state index in [4.69, 9.17) is 7.85 Å². The molecule has 0 aliphatic heterocycles. The molecule has 8 nitrogen and oxygen atoms in total. The maximum Gasteiger partial charge on any atom is 0.208 e. The van der Waals surface area contributed by atoms with E-state index in [0.717, 1.165) is 9.58 Å². The van der Waals surface area contributed by atoms with Crippen LogP contribution in [0, 0.1) is 22.7 Å². The van der Waals surface area contributed by atoms with Gasteiger partial charge in [0.2, 0.25) is 5.81 Å². The van der Waals surface area contributed by atoms with Crippen molar-refractivity contribution in [2.45, 2.75) is 15.6 Å². The Kier molecular flexibility index (Phi) is 4.61. The first-order chi connectivity index (χ1) is 13.9. The Morgan fingerprint density at radius 1 is 0.966 bits per heavy atom. The van der Waals surface area contributed by atoms with E-state index in [9.17, 15) is 20.7 Å². The Hall–Kier alpha value is -3.57. The van der Waals surface area contributed by atoms with Crippen LogP contribution in [0.2, 0.25) is 0 Å². The quantitative estimate of drug-likeness (QED) is 0.397. The van der Waals surface area contributed by atoms with Crippen LogP contribution in [0.1, 0.15) is 11.1 Å². The first-order valence-corrected chi connectivity index (χ1v) is 9.10. The van der Waals surface area contributed by atoms with Gasteiger partial charge in [-0.05, 0) is 18.2 Å². The molecule has 0 unspecified atom stereocenters. The summed E-state index contributed by atoms with van der Waals surface area (Å²) in [6.45, 7) is 0. The molecule has 0 saturated carbocycles. The minimum atomic E-state index is -2.62. The molecule has 3 heterocycles. The van der Waals surface area contributed by atoms with Crippen LogP contribution in [0.3, 0.4) is 0 Å². The van der Waals surface area contributed by atoms with Gasteiger partial charge in [-0.2, -0.15) is 20.7 Å². The molecule has 0 saturated heterocycles. The molecule has 4 aromatic rings. The van der Waals surface area contributed by atoms with Gasteiger partial charge in [-0.15, -0.1) is 0 Å². The van der Waals surface area contributed by atoms with E-state index in [-0.39, 0.29) is 0 Å². The highest BCUT2D eigenvalue weighted by molar-refractivity contribution is 7.99. The molecule has 4 rings (SSSR count). The highest BCUT2D eigenvalue weighted by atomic mass is 32.2. The predicted octanol–water partition coefficient (Wildman–Crippen LogP) is 1.81. The van der Waals surface area contributed by atoms with Crippen molar-refractivity contribution in [3.8, 4) is 23.3 Å². The molecule has 29 heavy (non-hydrogen) atoms. The molecule has 0 amide bonds. The molecule has 3 aromatic heterocycles. The van der Waals surface area contributed by atoms with Crippen molar-refractivity contribution >= 4 is 25.1 Å². The number of benzene rings is 1. The number of aliphatic hydroxyl groups is 2. The largest absolute Gasteiger partial charge is 0.356 e. The Labute approximate surface area is 170 Å². The fourth-order valence-electron chi connectivity index (χ4n) is 2.82. The van der Waals surface area contributed by atoms with Crippen LogP contribution >= 0.6 is 11.8 Å². The Balaban J connectivity index is 1.88. The number of nitriles is 2. The molecule has 0 spiro atoms. The fraction of sp³-hybridized carbons (Fsp3) is 0.0526. The number of hydrogen-bond donors (Lipinski definition) is 2. The monoisotopic (exact) mass is 398 g/mol. The van der Waals surface area contributed by atoms with E-state index in [0.29, 0.717) is 32.7 Å². The van der Waals surface area contributed by atoms with Gasteiger partial charge in [-0.3, -0.25) is 0 Å². The summed E-state index contributed by atoms with van der Waals surface area (Å²) >= 11 is 1.34. The number of fused-ring (bicyclic) bond motifs is 1. The Bertz CT molecular complexity index is 1310. The fourth-order valence-corrected chi connectivity index (χ4v) is 3.91. The van der Waals surface area contributed by atoms with Crippen molar-refractivity contribution in [3.63, 3.8) is 0 Å². The normalized spacial score (nSPS) is 11.3. The Morgan fingerprint density at radius 2 is 1.72 bits per heavy atom. The summed E-state index contributed by atoms with van der Waals surface area (Å²) in [6, 6.07) is 13.3.